The van der Waals surface area contributed by atoms with E-state index in [4.69, 9.17) is 5.26 Å². The van der Waals surface area contributed by atoms with E-state index < -0.39 is 15.4 Å². The van der Waals surface area contributed by atoms with Crippen LogP contribution in [0.15, 0.2) is 18.3 Å². The zero-order chi connectivity index (χ0) is 12.5. The van der Waals surface area contributed by atoms with Crippen molar-refractivity contribution < 1.29 is 8.42 Å². The summed E-state index contributed by atoms with van der Waals surface area (Å²) in [6.07, 6.45) is 2.12. The molecule has 0 saturated carbocycles. The summed E-state index contributed by atoms with van der Waals surface area (Å²) in [5.74, 6) is 0.344. The Bertz CT molecular complexity index is 577. The smallest absolute Gasteiger partial charge is 0.152 e. The van der Waals surface area contributed by atoms with Crippen molar-refractivity contribution in [1.82, 2.24) is 4.98 Å². The van der Waals surface area contributed by atoms with Gasteiger partial charge in [-0.25, -0.2) is 13.4 Å². The SMILES string of the molecule is CC1(Nc2ccnc(C#N)c2)CCS(=O)(=O)C1. The van der Waals surface area contributed by atoms with E-state index in [9.17, 15) is 8.42 Å². The summed E-state index contributed by atoms with van der Waals surface area (Å²) in [4.78, 5) is 3.86. The van der Waals surface area contributed by atoms with Gasteiger partial charge in [-0.3, -0.25) is 0 Å². The minimum Gasteiger partial charge on any atom is -0.379 e. The van der Waals surface area contributed by atoms with Gasteiger partial charge < -0.3 is 5.32 Å². The highest BCUT2D eigenvalue weighted by molar-refractivity contribution is 7.91. The largest absolute Gasteiger partial charge is 0.379 e. The van der Waals surface area contributed by atoms with Crippen LogP contribution in [0.2, 0.25) is 0 Å². The lowest BCUT2D eigenvalue weighted by molar-refractivity contribution is 0.574. The van der Waals surface area contributed by atoms with Crippen LogP contribution in [0.4, 0.5) is 5.69 Å². The van der Waals surface area contributed by atoms with E-state index in [-0.39, 0.29) is 11.5 Å². The highest BCUT2D eigenvalue weighted by Gasteiger charge is 2.38. The van der Waals surface area contributed by atoms with Crippen molar-refractivity contribution in [2.24, 2.45) is 0 Å². The molecule has 0 aliphatic carbocycles. The molecule has 90 valence electrons. The molecule has 17 heavy (non-hydrogen) atoms. The van der Waals surface area contributed by atoms with Gasteiger partial charge in [0.05, 0.1) is 11.5 Å². The molecule has 0 aromatic carbocycles. The van der Waals surface area contributed by atoms with E-state index >= 15 is 0 Å². The average molecular weight is 251 g/mol. The van der Waals surface area contributed by atoms with Gasteiger partial charge in [0.25, 0.3) is 0 Å². The molecule has 1 aromatic heterocycles. The second-order valence-corrected chi connectivity index (χ2v) is 6.75. The third-order valence-corrected chi connectivity index (χ3v) is 4.73. The molecule has 0 amide bonds. The van der Waals surface area contributed by atoms with Gasteiger partial charge in [0.1, 0.15) is 11.8 Å². The summed E-state index contributed by atoms with van der Waals surface area (Å²) in [7, 11) is -2.93. The molecule has 1 fully saturated rings. The molecule has 6 heteroatoms. The zero-order valence-corrected chi connectivity index (χ0v) is 10.3. The minimum absolute atomic E-state index is 0.129. The summed E-state index contributed by atoms with van der Waals surface area (Å²) < 4.78 is 22.9. The lowest BCUT2D eigenvalue weighted by Gasteiger charge is -2.25. The number of aromatic nitrogens is 1. The Morgan fingerprint density at radius 1 is 1.59 bits per heavy atom. The van der Waals surface area contributed by atoms with Crippen molar-refractivity contribution in [1.29, 1.82) is 5.26 Å². The monoisotopic (exact) mass is 251 g/mol. The quantitative estimate of drug-likeness (QED) is 0.845. The summed E-state index contributed by atoms with van der Waals surface area (Å²) >= 11 is 0. The molecule has 5 nitrogen and oxygen atoms in total. The van der Waals surface area contributed by atoms with Crippen molar-refractivity contribution in [2.45, 2.75) is 18.9 Å². The molecule has 1 aromatic rings. The van der Waals surface area contributed by atoms with Crippen molar-refractivity contribution in [3.8, 4) is 6.07 Å². The van der Waals surface area contributed by atoms with Crippen molar-refractivity contribution >= 4 is 15.5 Å². The number of nitrogens with one attached hydrogen (secondary N) is 1. The lowest BCUT2D eigenvalue weighted by atomic mass is 10.0. The van der Waals surface area contributed by atoms with Crippen LogP contribution >= 0.6 is 0 Å². The molecule has 0 spiro atoms. The van der Waals surface area contributed by atoms with Gasteiger partial charge in [-0.15, -0.1) is 0 Å². The highest BCUT2D eigenvalue weighted by Crippen LogP contribution is 2.27. The fourth-order valence-corrected chi connectivity index (χ4v) is 4.12. The summed E-state index contributed by atoms with van der Waals surface area (Å²) in [5, 5.41) is 11.9. The van der Waals surface area contributed by atoms with E-state index in [0.717, 1.165) is 5.69 Å². The van der Waals surface area contributed by atoms with E-state index in [1.165, 1.54) is 6.20 Å². The topological polar surface area (TPSA) is 82.8 Å². The first-order valence-corrected chi connectivity index (χ1v) is 7.09. The van der Waals surface area contributed by atoms with E-state index in [2.05, 4.69) is 10.3 Å². The van der Waals surface area contributed by atoms with Crippen LogP contribution in [-0.2, 0) is 9.84 Å². The predicted molar refractivity (Wildman–Crippen MR) is 64.3 cm³/mol. The second kappa shape index (κ2) is 4.00. The number of anilines is 1. The van der Waals surface area contributed by atoms with Crippen LogP contribution in [0.3, 0.4) is 0 Å². The van der Waals surface area contributed by atoms with Gasteiger partial charge >= 0.3 is 0 Å². The molecule has 0 bridgehead atoms. The van der Waals surface area contributed by atoms with Crippen molar-refractivity contribution in [2.75, 3.05) is 16.8 Å². The maximum absolute atomic E-state index is 11.5. The first-order valence-electron chi connectivity index (χ1n) is 5.27. The lowest BCUT2D eigenvalue weighted by Crippen LogP contribution is -2.35. The Hall–Kier alpha value is -1.61. The number of sulfone groups is 1. The van der Waals surface area contributed by atoms with Gasteiger partial charge in [0, 0.05) is 17.4 Å². The standard InChI is InChI=1S/C11H13N3O2S/c1-11(3-5-17(15,16)8-11)14-9-2-4-13-10(6-9)7-12/h2,4,6H,3,5,8H2,1H3,(H,13,14). The zero-order valence-electron chi connectivity index (χ0n) is 9.47. The van der Waals surface area contributed by atoms with Crippen LogP contribution in [0.25, 0.3) is 0 Å². The number of hydrogen-bond donors (Lipinski definition) is 1. The molecular weight excluding hydrogens is 238 g/mol. The summed E-state index contributed by atoms with van der Waals surface area (Å²) in [6.45, 7) is 1.88. The van der Waals surface area contributed by atoms with Crippen LogP contribution in [-0.4, -0.2) is 30.4 Å². The van der Waals surface area contributed by atoms with Crippen LogP contribution in [0, 0.1) is 11.3 Å². The number of rotatable bonds is 2. The molecule has 2 heterocycles. The number of nitrogens with zero attached hydrogens (tertiary/aromatic N) is 2. The molecule has 1 atom stereocenters. The van der Waals surface area contributed by atoms with Gasteiger partial charge in [-0.1, -0.05) is 0 Å². The van der Waals surface area contributed by atoms with E-state index in [1.807, 2.05) is 13.0 Å². The number of nitriles is 1. The molecule has 1 aliphatic rings. The number of pyridine rings is 1. The molecule has 2 rings (SSSR count). The highest BCUT2D eigenvalue weighted by atomic mass is 32.2. The normalized spacial score (nSPS) is 26.4. The predicted octanol–water partition coefficient (Wildman–Crippen LogP) is 0.942. The summed E-state index contributed by atoms with van der Waals surface area (Å²) in [5.41, 5.74) is 0.600. The molecule has 1 aliphatic heterocycles. The minimum atomic E-state index is -2.93. The third-order valence-electron chi connectivity index (χ3n) is 2.82. The van der Waals surface area contributed by atoms with Gasteiger partial charge in [-0.2, -0.15) is 5.26 Å². The first-order chi connectivity index (χ1) is 7.92. The van der Waals surface area contributed by atoms with Crippen molar-refractivity contribution in [3.05, 3.63) is 24.0 Å². The van der Waals surface area contributed by atoms with E-state index in [0.29, 0.717) is 12.1 Å². The Kier molecular flexibility index (Phi) is 2.79. The van der Waals surface area contributed by atoms with Gasteiger partial charge in [0.2, 0.25) is 0 Å². The second-order valence-electron chi connectivity index (χ2n) is 4.57. The molecule has 0 radical (unpaired) electrons. The first kappa shape index (κ1) is 11.9. The fourth-order valence-electron chi connectivity index (χ4n) is 2.03. The van der Waals surface area contributed by atoms with Gasteiger partial charge in [-0.05, 0) is 25.5 Å². The van der Waals surface area contributed by atoms with E-state index in [1.54, 1.807) is 12.1 Å². The fraction of sp³-hybridized carbons (Fsp3) is 0.455. The Morgan fingerprint density at radius 2 is 2.35 bits per heavy atom. The van der Waals surface area contributed by atoms with Crippen LogP contribution in [0.1, 0.15) is 19.0 Å². The average Bonchev–Trinajstić information content (AvgIpc) is 2.53. The molecule has 1 N–H and O–H groups in total. The van der Waals surface area contributed by atoms with Crippen molar-refractivity contribution in [3.63, 3.8) is 0 Å². The maximum Gasteiger partial charge on any atom is 0.152 e. The molecule has 1 unspecified atom stereocenters. The maximum atomic E-state index is 11.5. The Balaban J connectivity index is 2.19. The molecule has 1 saturated heterocycles. The van der Waals surface area contributed by atoms with Crippen LogP contribution < -0.4 is 5.32 Å². The summed E-state index contributed by atoms with van der Waals surface area (Å²) in [6, 6.07) is 5.31. The molecular formula is C11H13N3O2S. The van der Waals surface area contributed by atoms with Gasteiger partial charge in [0.15, 0.2) is 9.84 Å². The third kappa shape index (κ3) is 2.74. The Labute approximate surface area is 100 Å². The number of hydrogen-bond acceptors (Lipinski definition) is 5. The Morgan fingerprint density at radius 3 is 2.94 bits per heavy atom. The van der Waals surface area contributed by atoms with Crippen LogP contribution in [0.5, 0.6) is 0 Å².